The van der Waals surface area contributed by atoms with E-state index < -0.39 is 18.2 Å². The van der Waals surface area contributed by atoms with E-state index in [-0.39, 0.29) is 6.61 Å². The molecule has 1 fully saturated rings. The molecule has 0 saturated carbocycles. The lowest BCUT2D eigenvalue weighted by atomic mass is 10.2. The van der Waals surface area contributed by atoms with E-state index in [9.17, 15) is 9.59 Å². The zero-order chi connectivity index (χ0) is 14.0. The fourth-order valence-electron chi connectivity index (χ4n) is 1.79. The molecule has 7 heteroatoms. The lowest BCUT2D eigenvalue weighted by Crippen LogP contribution is -2.35. The van der Waals surface area contributed by atoms with Gasteiger partial charge in [0.15, 0.2) is 12.8 Å². The molecule has 1 aromatic rings. The molecule has 2 rings (SSSR count). The Kier molecular flexibility index (Phi) is 4.29. The first-order valence-corrected chi connectivity index (χ1v) is 6.35. The smallest absolute Gasteiger partial charge is 0.419 e. The summed E-state index contributed by atoms with van der Waals surface area (Å²) in [7, 11) is 0. The lowest BCUT2D eigenvalue weighted by Gasteiger charge is -2.24. The van der Waals surface area contributed by atoms with Crippen LogP contribution in [0.25, 0.3) is 0 Å². The number of hydrogen-bond donors (Lipinski definition) is 0. The van der Waals surface area contributed by atoms with Crippen molar-refractivity contribution in [3.05, 3.63) is 33.8 Å². The monoisotopic (exact) mass is 303 g/mol. The van der Waals surface area contributed by atoms with Crippen LogP contribution in [-0.2, 0) is 14.3 Å². The number of amides is 2. The fraction of sp³-hybridized carbons (Fsp3) is 0.333. The van der Waals surface area contributed by atoms with Crippen LogP contribution in [0.1, 0.15) is 18.7 Å². The minimum atomic E-state index is -0.885. The van der Waals surface area contributed by atoms with Crippen LogP contribution in [0.3, 0.4) is 0 Å². The number of ether oxygens (including phenoxy) is 2. The zero-order valence-corrected chi connectivity index (χ0v) is 11.6. The third-order valence-electron chi connectivity index (χ3n) is 2.51. The molecule has 1 aromatic carbocycles. The fourth-order valence-corrected chi connectivity index (χ4v) is 2.33. The van der Waals surface area contributed by atoms with Gasteiger partial charge in [-0.05, 0) is 25.1 Å². The van der Waals surface area contributed by atoms with Gasteiger partial charge in [0.2, 0.25) is 0 Å². The summed E-state index contributed by atoms with van der Waals surface area (Å²) in [4.78, 5) is 24.2. The molecule has 19 heavy (non-hydrogen) atoms. The first kappa shape index (κ1) is 14.1. The largest absolute Gasteiger partial charge is 0.439 e. The van der Waals surface area contributed by atoms with Crippen LogP contribution in [0.4, 0.5) is 4.79 Å². The first-order chi connectivity index (χ1) is 9.02. The van der Waals surface area contributed by atoms with Gasteiger partial charge in [-0.2, -0.15) is 0 Å². The van der Waals surface area contributed by atoms with Crippen molar-refractivity contribution in [3.8, 4) is 0 Å². The Labute approximate surface area is 120 Å². The third kappa shape index (κ3) is 3.00. The van der Waals surface area contributed by atoms with Crippen molar-refractivity contribution >= 4 is 35.2 Å². The van der Waals surface area contributed by atoms with Gasteiger partial charge in [-0.15, -0.1) is 0 Å². The molecule has 0 N–H and O–H groups in total. The maximum absolute atomic E-state index is 11.7. The molecule has 1 aliphatic heterocycles. The molecule has 1 aliphatic rings. The van der Waals surface area contributed by atoms with E-state index in [0.717, 1.165) is 4.90 Å². The topological polar surface area (TPSA) is 55.8 Å². The molecule has 5 nitrogen and oxygen atoms in total. The second kappa shape index (κ2) is 5.77. The Hall–Kier alpha value is -1.30. The van der Waals surface area contributed by atoms with Crippen LogP contribution in [0.15, 0.2) is 18.2 Å². The summed E-state index contributed by atoms with van der Waals surface area (Å²) in [6.07, 6.45) is -1.62. The number of cyclic esters (lactones) is 1. The molecular weight excluding hydrogens is 293 g/mol. The van der Waals surface area contributed by atoms with Crippen LogP contribution in [0, 0.1) is 0 Å². The van der Waals surface area contributed by atoms with Crippen LogP contribution in [0.5, 0.6) is 0 Å². The number of halogens is 2. The molecule has 0 radical (unpaired) electrons. The second-order valence-corrected chi connectivity index (χ2v) is 4.70. The van der Waals surface area contributed by atoms with Crippen molar-refractivity contribution in [2.24, 2.45) is 0 Å². The standard InChI is InChI=1S/C12H11Cl2NO4/c1-2-18-11(15-10(16)6-19-12(15)17)7-3-8(13)5-9(14)4-7/h3-5,11H,2,6H2,1H3. The number of carbonyl (C=O) groups is 2. The number of benzene rings is 1. The number of rotatable bonds is 4. The van der Waals surface area contributed by atoms with Gasteiger partial charge in [0.25, 0.3) is 5.91 Å². The molecule has 1 atom stereocenters. The molecule has 1 heterocycles. The maximum Gasteiger partial charge on any atom is 0.419 e. The number of imide groups is 1. The number of hydrogen-bond acceptors (Lipinski definition) is 4. The third-order valence-corrected chi connectivity index (χ3v) is 2.95. The highest BCUT2D eigenvalue weighted by molar-refractivity contribution is 6.34. The molecule has 1 unspecified atom stereocenters. The maximum atomic E-state index is 11.7. The van der Waals surface area contributed by atoms with Gasteiger partial charge in [0, 0.05) is 22.2 Å². The molecule has 102 valence electrons. The molecule has 0 aliphatic carbocycles. The average molecular weight is 304 g/mol. The summed E-state index contributed by atoms with van der Waals surface area (Å²) in [5.74, 6) is -0.459. The Morgan fingerprint density at radius 2 is 1.95 bits per heavy atom. The Balaban J connectivity index is 2.39. The van der Waals surface area contributed by atoms with Gasteiger partial charge in [-0.1, -0.05) is 23.2 Å². The van der Waals surface area contributed by atoms with E-state index in [1.165, 1.54) is 0 Å². The van der Waals surface area contributed by atoms with E-state index in [2.05, 4.69) is 4.74 Å². The molecule has 0 spiro atoms. The predicted octanol–water partition coefficient (Wildman–Crippen LogP) is 3.01. The Morgan fingerprint density at radius 3 is 2.42 bits per heavy atom. The molecular formula is C12H11Cl2NO4. The van der Waals surface area contributed by atoms with Crippen molar-refractivity contribution in [1.29, 1.82) is 0 Å². The minimum Gasteiger partial charge on any atom is -0.439 e. The van der Waals surface area contributed by atoms with E-state index in [1.807, 2.05) is 0 Å². The summed E-state index contributed by atoms with van der Waals surface area (Å²) < 4.78 is 10.1. The van der Waals surface area contributed by atoms with Gasteiger partial charge in [-0.3, -0.25) is 4.79 Å². The minimum absolute atomic E-state index is 0.281. The number of nitrogens with zero attached hydrogens (tertiary/aromatic N) is 1. The first-order valence-electron chi connectivity index (χ1n) is 5.59. The Morgan fingerprint density at radius 1 is 1.32 bits per heavy atom. The molecule has 1 saturated heterocycles. The molecule has 0 aromatic heterocycles. The molecule has 0 bridgehead atoms. The van der Waals surface area contributed by atoms with Crippen molar-refractivity contribution in [2.75, 3.05) is 13.2 Å². The summed E-state index contributed by atoms with van der Waals surface area (Å²) in [6, 6.07) is 4.74. The Bertz CT molecular complexity index is 484. The highest BCUT2D eigenvalue weighted by Crippen LogP contribution is 2.30. The molecule has 2 amide bonds. The van der Waals surface area contributed by atoms with Gasteiger partial charge in [0.1, 0.15) is 0 Å². The normalized spacial score (nSPS) is 16.7. The van der Waals surface area contributed by atoms with Gasteiger partial charge in [0.05, 0.1) is 0 Å². The van der Waals surface area contributed by atoms with Crippen LogP contribution >= 0.6 is 23.2 Å². The van der Waals surface area contributed by atoms with E-state index in [0.29, 0.717) is 22.2 Å². The van der Waals surface area contributed by atoms with Gasteiger partial charge < -0.3 is 9.47 Å². The van der Waals surface area contributed by atoms with Crippen molar-refractivity contribution in [1.82, 2.24) is 4.90 Å². The highest BCUT2D eigenvalue weighted by Gasteiger charge is 2.38. The average Bonchev–Trinajstić information content (AvgIpc) is 2.65. The van der Waals surface area contributed by atoms with Crippen molar-refractivity contribution < 1.29 is 19.1 Å². The van der Waals surface area contributed by atoms with Crippen LogP contribution < -0.4 is 0 Å². The van der Waals surface area contributed by atoms with Gasteiger partial charge >= 0.3 is 6.09 Å². The number of carbonyl (C=O) groups excluding carboxylic acids is 2. The second-order valence-electron chi connectivity index (χ2n) is 3.83. The summed E-state index contributed by atoms with van der Waals surface area (Å²) in [5, 5.41) is 0.791. The zero-order valence-electron chi connectivity index (χ0n) is 10.1. The highest BCUT2D eigenvalue weighted by atomic mass is 35.5. The van der Waals surface area contributed by atoms with E-state index >= 15 is 0 Å². The lowest BCUT2D eigenvalue weighted by molar-refractivity contribution is -0.135. The van der Waals surface area contributed by atoms with Crippen molar-refractivity contribution in [2.45, 2.75) is 13.2 Å². The summed E-state index contributed by atoms with van der Waals surface area (Å²) >= 11 is 11.8. The summed E-state index contributed by atoms with van der Waals surface area (Å²) in [6.45, 7) is 1.79. The van der Waals surface area contributed by atoms with E-state index in [4.69, 9.17) is 27.9 Å². The van der Waals surface area contributed by atoms with E-state index in [1.54, 1.807) is 25.1 Å². The van der Waals surface area contributed by atoms with Crippen molar-refractivity contribution in [3.63, 3.8) is 0 Å². The predicted molar refractivity (Wildman–Crippen MR) is 69.0 cm³/mol. The van der Waals surface area contributed by atoms with Crippen LogP contribution in [0.2, 0.25) is 10.0 Å². The van der Waals surface area contributed by atoms with Crippen LogP contribution in [-0.4, -0.2) is 30.1 Å². The SMILES string of the molecule is CCOC(c1cc(Cl)cc(Cl)c1)N1C(=O)COC1=O. The quantitative estimate of drug-likeness (QED) is 0.858. The van der Waals surface area contributed by atoms with Gasteiger partial charge in [-0.25, -0.2) is 9.69 Å². The summed E-state index contributed by atoms with van der Waals surface area (Å²) in [5.41, 5.74) is 0.520.